The zero-order valence-corrected chi connectivity index (χ0v) is 10.8. The third kappa shape index (κ3) is 1.80. The molecule has 2 unspecified atom stereocenters. The van der Waals surface area contributed by atoms with Crippen LogP contribution in [0.15, 0.2) is 18.3 Å². The predicted molar refractivity (Wildman–Crippen MR) is 71.6 cm³/mol. The highest BCUT2D eigenvalue weighted by molar-refractivity contribution is 7.71. The van der Waals surface area contributed by atoms with Crippen molar-refractivity contribution < 1.29 is 0 Å². The van der Waals surface area contributed by atoms with Crippen molar-refractivity contribution >= 4 is 23.4 Å². The smallest absolute Gasteiger partial charge is 0.179 e. The first kappa shape index (κ1) is 11.0. The maximum Gasteiger partial charge on any atom is 0.179 e. The molecule has 3 nitrogen and oxygen atoms in total. The normalized spacial score (nSPS) is 25.2. The van der Waals surface area contributed by atoms with Gasteiger partial charge in [-0.25, -0.2) is 4.98 Å². The van der Waals surface area contributed by atoms with Crippen LogP contribution in [0.25, 0.3) is 11.2 Å². The molecule has 0 spiro atoms. The predicted octanol–water partition coefficient (Wildman–Crippen LogP) is 3.85. The number of aromatic nitrogens is 3. The van der Waals surface area contributed by atoms with E-state index in [4.69, 9.17) is 12.2 Å². The minimum atomic E-state index is 0.514. The maximum atomic E-state index is 5.45. The van der Waals surface area contributed by atoms with Gasteiger partial charge in [0.1, 0.15) is 0 Å². The summed E-state index contributed by atoms with van der Waals surface area (Å²) in [5, 5.41) is 0. The summed E-state index contributed by atoms with van der Waals surface area (Å²) >= 11 is 5.45. The molecule has 4 heteroatoms. The summed E-state index contributed by atoms with van der Waals surface area (Å²) in [5.74, 6) is 0.691. The fourth-order valence-corrected chi connectivity index (χ4v) is 3.28. The van der Waals surface area contributed by atoms with Crippen LogP contribution in [0.2, 0.25) is 0 Å². The Hall–Kier alpha value is -1.16. The van der Waals surface area contributed by atoms with Gasteiger partial charge in [-0.3, -0.25) is 4.57 Å². The zero-order chi connectivity index (χ0) is 11.8. The molecule has 3 rings (SSSR count). The van der Waals surface area contributed by atoms with E-state index in [2.05, 4.69) is 21.5 Å². The fraction of sp³-hybridized carbons (Fsp3) is 0.538. The Balaban J connectivity index is 2.15. The highest BCUT2D eigenvalue weighted by Gasteiger charge is 2.25. The number of aromatic amines is 1. The number of nitrogens with zero attached hydrogens (tertiary/aromatic N) is 2. The lowest BCUT2D eigenvalue weighted by Crippen LogP contribution is -2.21. The molecule has 17 heavy (non-hydrogen) atoms. The Morgan fingerprint density at radius 1 is 1.41 bits per heavy atom. The van der Waals surface area contributed by atoms with Crippen molar-refractivity contribution in [3.05, 3.63) is 23.1 Å². The molecule has 1 fully saturated rings. The Morgan fingerprint density at radius 3 is 3.06 bits per heavy atom. The quantitative estimate of drug-likeness (QED) is 0.777. The summed E-state index contributed by atoms with van der Waals surface area (Å²) in [6.45, 7) is 2.33. The van der Waals surface area contributed by atoms with Gasteiger partial charge >= 0.3 is 0 Å². The standard InChI is InChI=1S/C13H17N3S/c1-9-5-2-3-7-11(9)16-12-10(15-13(16)17)6-4-8-14-12/h4,6,8-9,11H,2-3,5,7H2,1H3,(H,15,17). The van der Waals surface area contributed by atoms with Crippen molar-refractivity contribution in [3.63, 3.8) is 0 Å². The van der Waals surface area contributed by atoms with Crippen LogP contribution >= 0.6 is 12.2 Å². The molecule has 0 radical (unpaired) electrons. The number of imidazole rings is 1. The molecule has 1 aliphatic carbocycles. The molecule has 0 aromatic carbocycles. The van der Waals surface area contributed by atoms with E-state index >= 15 is 0 Å². The number of nitrogens with one attached hydrogen (secondary N) is 1. The van der Waals surface area contributed by atoms with Crippen LogP contribution in [-0.4, -0.2) is 14.5 Å². The van der Waals surface area contributed by atoms with Gasteiger partial charge in [-0.05, 0) is 43.1 Å². The molecule has 0 aliphatic heterocycles. The van der Waals surface area contributed by atoms with E-state index in [9.17, 15) is 0 Å². The number of pyridine rings is 1. The average molecular weight is 247 g/mol. The lowest BCUT2D eigenvalue weighted by atomic mass is 9.86. The van der Waals surface area contributed by atoms with Gasteiger partial charge in [-0.2, -0.15) is 0 Å². The Labute approximate surface area is 106 Å². The molecule has 2 atom stereocenters. The number of H-pyrrole nitrogens is 1. The van der Waals surface area contributed by atoms with Crippen molar-refractivity contribution in [2.75, 3.05) is 0 Å². The highest BCUT2D eigenvalue weighted by atomic mass is 32.1. The molecule has 0 amide bonds. The van der Waals surface area contributed by atoms with Crippen LogP contribution in [-0.2, 0) is 0 Å². The van der Waals surface area contributed by atoms with Gasteiger partial charge in [0, 0.05) is 12.2 Å². The van der Waals surface area contributed by atoms with Crippen molar-refractivity contribution in [1.29, 1.82) is 0 Å². The molecule has 2 aromatic heterocycles. The summed E-state index contributed by atoms with van der Waals surface area (Å²) in [5.41, 5.74) is 2.06. The SMILES string of the molecule is CC1CCCCC1n1c(=S)[nH]c2cccnc21. The third-order valence-electron chi connectivity index (χ3n) is 3.87. The van der Waals surface area contributed by atoms with Gasteiger partial charge in [-0.15, -0.1) is 0 Å². The number of hydrogen-bond acceptors (Lipinski definition) is 2. The van der Waals surface area contributed by atoms with Gasteiger partial charge in [0.15, 0.2) is 10.4 Å². The molecule has 90 valence electrons. The van der Waals surface area contributed by atoms with Crippen molar-refractivity contribution in [2.45, 2.75) is 38.6 Å². The van der Waals surface area contributed by atoms with Crippen LogP contribution in [0.1, 0.15) is 38.6 Å². The summed E-state index contributed by atoms with van der Waals surface area (Å²) in [7, 11) is 0. The van der Waals surface area contributed by atoms with Gasteiger partial charge in [0.25, 0.3) is 0 Å². The molecule has 2 heterocycles. The molecule has 0 bridgehead atoms. The van der Waals surface area contributed by atoms with Gasteiger partial charge in [-0.1, -0.05) is 19.8 Å². The van der Waals surface area contributed by atoms with E-state index in [1.165, 1.54) is 25.7 Å². The third-order valence-corrected chi connectivity index (χ3v) is 4.17. The minimum Gasteiger partial charge on any atom is -0.329 e. The second kappa shape index (κ2) is 4.26. The number of hydrogen-bond donors (Lipinski definition) is 1. The first-order chi connectivity index (χ1) is 8.27. The Kier molecular flexibility index (Phi) is 2.74. The average Bonchev–Trinajstić information content (AvgIpc) is 2.66. The van der Waals surface area contributed by atoms with Crippen LogP contribution in [0.5, 0.6) is 0 Å². The topological polar surface area (TPSA) is 33.6 Å². The van der Waals surface area contributed by atoms with E-state index in [1.54, 1.807) is 0 Å². The molecule has 0 saturated heterocycles. The Bertz CT molecular complexity index is 584. The molecular weight excluding hydrogens is 230 g/mol. The lowest BCUT2D eigenvalue weighted by molar-refractivity contribution is 0.259. The first-order valence-electron chi connectivity index (χ1n) is 6.32. The van der Waals surface area contributed by atoms with E-state index in [1.807, 2.05) is 18.3 Å². The maximum absolute atomic E-state index is 5.45. The summed E-state index contributed by atoms with van der Waals surface area (Å²) < 4.78 is 3.05. The lowest BCUT2D eigenvalue weighted by Gasteiger charge is -2.29. The van der Waals surface area contributed by atoms with Gasteiger partial charge in [0.2, 0.25) is 0 Å². The van der Waals surface area contributed by atoms with Crippen molar-refractivity contribution in [2.24, 2.45) is 5.92 Å². The van der Waals surface area contributed by atoms with Crippen LogP contribution in [0.4, 0.5) is 0 Å². The van der Waals surface area contributed by atoms with E-state index in [0.717, 1.165) is 15.9 Å². The zero-order valence-electron chi connectivity index (χ0n) is 10.0. The van der Waals surface area contributed by atoms with E-state index in [-0.39, 0.29) is 0 Å². The molecule has 1 N–H and O–H groups in total. The van der Waals surface area contributed by atoms with E-state index in [0.29, 0.717) is 12.0 Å². The summed E-state index contributed by atoms with van der Waals surface area (Å²) in [6, 6.07) is 4.50. The van der Waals surface area contributed by atoms with Crippen LogP contribution < -0.4 is 0 Å². The van der Waals surface area contributed by atoms with Gasteiger partial charge in [0.05, 0.1) is 5.52 Å². The van der Waals surface area contributed by atoms with Crippen molar-refractivity contribution in [3.8, 4) is 0 Å². The molecule has 2 aromatic rings. The Morgan fingerprint density at radius 2 is 2.24 bits per heavy atom. The van der Waals surface area contributed by atoms with E-state index < -0.39 is 0 Å². The number of fused-ring (bicyclic) bond motifs is 1. The highest BCUT2D eigenvalue weighted by Crippen LogP contribution is 2.35. The number of rotatable bonds is 1. The van der Waals surface area contributed by atoms with Crippen LogP contribution in [0, 0.1) is 10.7 Å². The largest absolute Gasteiger partial charge is 0.329 e. The second-order valence-corrected chi connectivity index (χ2v) is 5.39. The first-order valence-corrected chi connectivity index (χ1v) is 6.73. The molecule has 1 saturated carbocycles. The second-order valence-electron chi connectivity index (χ2n) is 5.00. The van der Waals surface area contributed by atoms with Crippen molar-refractivity contribution in [1.82, 2.24) is 14.5 Å². The summed E-state index contributed by atoms with van der Waals surface area (Å²) in [6.07, 6.45) is 7.01. The molecular formula is C13H17N3S. The van der Waals surface area contributed by atoms with Crippen LogP contribution in [0.3, 0.4) is 0 Å². The monoisotopic (exact) mass is 247 g/mol. The van der Waals surface area contributed by atoms with Gasteiger partial charge < -0.3 is 4.98 Å². The fourth-order valence-electron chi connectivity index (χ4n) is 2.95. The molecule has 1 aliphatic rings. The minimum absolute atomic E-state index is 0.514. The summed E-state index contributed by atoms with van der Waals surface area (Å²) in [4.78, 5) is 7.74.